The number of carbonyl (C=O) groups excluding carboxylic acids is 1. The second-order valence-electron chi connectivity index (χ2n) is 12.6. The molecule has 8 nitrogen and oxygen atoms in total. The number of carbonyl (C=O) groups is 2. The molecule has 1 aliphatic heterocycles. The topological polar surface area (TPSA) is 105 Å². The number of piperidine rings is 1. The lowest BCUT2D eigenvalue weighted by atomic mass is 9.73. The first-order chi connectivity index (χ1) is 20.6. The van der Waals surface area contributed by atoms with Gasteiger partial charge < -0.3 is 20.1 Å². The second kappa shape index (κ2) is 15.0. The minimum Gasteiger partial charge on any atom is -0.493 e. The lowest BCUT2D eigenvalue weighted by molar-refractivity contribution is -0.132. The van der Waals surface area contributed by atoms with Gasteiger partial charge in [-0.2, -0.15) is 0 Å². The zero-order chi connectivity index (χ0) is 30.8. The number of nitrogens with zero attached hydrogens (tertiary/aromatic N) is 3. The Morgan fingerprint density at radius 1 is 0.953 bits per heavy atom. The van der Waals surface area contributed by atoms with Gasteiger partial charge in [0, 0.05) is 25.8 Å². The number of hydrogen-bond acceptors (Lipinski definition) is 6. The SMILES string of the molecule is CC(C)CCNC(=O)C1(Cc2ccccc2)CCN(c2ncc(C(=O)O)c(CCc3ccc(OCC(C)C)cc3)n2)CC1. The van der Waals surface area contributed by atoms with Crippen LogP contribution in [0.5, 0.6) is 5.75 Å². The molecule has 8 heteroatoms. The Bertz CT molecular complexity index is 1330. The third-order valence-electron chi connectivity index (χ3n) is 8.12. The number of hydrogen-bond donors (Lipinski definition) is 2. The van der Waals surface area contributed by atoms with Gasteiger partial charge in [-0.15, -0.1) is 0 Å². The number of nitrogens with one attached hydrogen (secondary N) is 1. The van der Waals surface area contributed by atoms with Crippen LogP contribution in [0, 0.1) is 17.3 Å². The van der Waals surface area contributed by atoms with E-state index in [1.807, 2.05) is 42.5 Å². The average Bonchev–Trinajstić information content (AvgIpc) is 3.00. The van der Waals surface area contributed by atoms with Gasteiger partial charge in [0.1, 0.15) is 5.75 Å². The predicted octanol–water partition coefficient (Wildman–Crippen LogP) is 5.99. The summed E-state index contributed by atoms with van der Waals surface area (Å²) in [5.74, 6) is 1.40. The van der Waals surface area contributed by atoms with Gasteiger partial charge in [-0.25, -0.2) is 14.8 Å². The number of amides is 1. The van der Waals surface area contributed by atoms with E-state index < -0.39 is 11.4 Å². The summed E-state index contributed by atoms with van der Waals surface area (Å²) in [5, 5.41) is 13.0. The van der Waals surface area contributed by atoms with Crippen molar-refractivity contribution in [2.75, 3.05) is 31.1 Å². The van der Waals surface area contributed by atoms with Crippen LogP contribution in [0.1, 0.15) is 74.1 Å². The minimum atomic E-state index is -1.03. The Morgan fingerprint density at radius 3 is 2.28 bits per heavy atom. The number of aromatic carboxylic acids is 1. The first kappa shape index (κ1) is 32.0. The van der Waals surface area contributed by atoms with E-state index in [0.717, 1.165) is 23.3 Å². The highest BCUT2D eigenvalue weighted by Gasteiger charge is 2.42. The molecule has 0 saturated carbocycles. The van der Waals surface area contributed by atoms with Crippen LogP contribution >= 0.6 is 0 Å². The van der Waals surface area contributed by atoms with Gasteiger partial charge in [0.2, 0.25) is 11.9 Å². The van der Waals surface area contributed by atoms with Crippen molar-refractivity contribution in [3.63, 3.8) is 0 Å². The molecule has 0 bridgehead atoms. The van der Waals surface area contributed by atoms with E-state index in [9.17, 15) is 14.7 Å². The third kappa shape index (κ3) is 9.02. The quantitative estimate of drug-likeness (QED) is 0.239. The fourth-order valence-corrected chi connectivity index (χ4v) is 5.47. The Hall–Kier alpha value is -3.94. The van der Waals surface area contributed by atoms with Crippen molar-refractivity contribution >= 4 is 17.8 Å². The summed E-state index contributed by atoms with van der Waals surface area (Å²) in [5.41, 5.74) is 2.37. The minimum absolute atomic E-state index is 0.111. The summed E-state index contributed by atoms with van der Waals surface area (Å²) in [6.07, 6.45) is 5.51. The summed E-state index contributed by atoms with van der Waals surface area (Å²) in [7, 11) is 0. The third-order valence-corrected chi connectivity index (χ3v) is 8.12. The number of anilines is 1. The summed E-state index contributed by atoms with van der Waals surface area (Å²) in [4.78, 5) is 36.9. The number of benzene rings is 2. The maximum atomic E-state index is 13.6. The highest BCUT2D eigenvalue weighted by molar-refractivity contribution is 5.88. The Labute approximate surface area is 255 Å². The second-order valence-corrected chi connectivity index (χ2v) is 12.6. The summed E-state index contributed by atoms with van der Waals surface area (Å²) < 4.78 is 5.78. The molecule has 1 aromatic heterocycles. The van der Waals surface area contributed by atoms with E-state index in [-0.39, 0.29) is 11.5 Å². The van der Waals surface area contributed by atoms with Gasteiger partial charge in [-0.1, -0.05) is 70.2 Å². The van der Waals surface area contributed by atoms with Gasteiger partial charge in [0.05, 0.1) is 23.3 Å². The highest BCUT2D eigenvalue weighted by Crippen LogP contribution is 2.37. The van der Waals surface area contributed by atoms with Crippen LogP contribution in [0.2, 0.25) is 0 Å². The number of ether oxygens (including phenoxy) is 1. The first-order valence-electron chi connectivity index (χ1n) is 15.5. The molecule has 2 heterocycles. The van der Waals surface area contributed by atoms with Crippen molar-refractivity contribution in [3.05, 3.63) is 83.2 Å². The van der Waals surface area contributed by atoms with Crippen LogP contribution in [0.25, 0.3) is 0 Å². The molecule has 4 rings (SSSR count). The molecule has 0 spiro atoms. The summed E-state index contributed by atoms with van der Waals surface area (Å²) in [6, 6.07) is 18.1. The molecule has 0 radical (unpaired) electrons. The monoisotopic (exact) mass is 586 g/mol. The van der Waals surface area contributed by atoms with Gasteiger partial charge in [0.25, 0.3) is 0 Å². The lowest BCUT2D eigenvalue weighted by Gasteiger charge is -2.41. The molecule has 0 atom stereocenters. The first-order valence-corrected chi connectivity index (χ1v) is 15.5. The molecule has 2 aromatic carbocycles. The van der Waals surface area contributed by atoms with Crippen molar-refractivity contribution < 1.29 is 19.4 Å². The van der Waals surface area contributed by atoms with Crippen LogP contribution in [0.15, 0.2) is 60.8 Å². The fraction of sp³-hybridized carbons (Fsp3) is 0.486. The number of carboxylic acid groups (broad SMARTS) is 1. The van der Waals surface area contributed by atoms with Crippen molar-refractivity contribution in [2.45, 2.75) is 66.2 Å². The molecule has 3 aromatic rings. The zero-order valence-corrected chi connectivity index (χ0v) is 26.0. The van der Waals surface area contributed by atoms with Gasteiger partial charge >= 0.3 is 5.97 Å². The standard InChI is InChI=1S/C35H46N4O4/c1-25(2)16-19-36-33(42)35(22-28-8-6-5-7-9-28)17-20-39(21-18-35)34-37-23-30(32(40)41)31(38-34)15-12-27-10-13-29(14-11-27)43-24-26(3)4/h5-11,13-14,23,25-26H,12,15-22,24H2,1-4H3,(H,36,42)(H,40,41). The van der Waals surface area contributed by atoms with Crippen LogP contribution in [0.4, 0.5) is 5.95 Å². The molecule has 0 aliphatic carbocycles. The lowest BCUT2D eigenvalue weighted by Crippen LogP contribution is -2.50. The Morgan fingerprint density at radius 2 is 1.65 bits per heavy atom. The van der Waals surface area contributed by atoms with Crippen molar-refractivity contribution in [1.82, 2.24) is 15.3 Å². The van der Waals surface area contributed by atoms with Crippen LogP contribution < -0.4 is 15.0 Å². The molecular formula is C35H46N4O4. The van der Waals surface area contributed by atoms with Crippen molar-refractivity contribution in [1.29, 1.82) is 0 Å². The summed E-state index contributed by atoms with van der Waals surface area (Å²) >= 11 is 0. The van der Waals surface area contributed by atoms with Crippen LogP contribution in [-0.2, 0) is 24.1 Å². The maximum absolute atomic E-state index is 13.6. The number of rotatable bonds is 14. The number of aryl methyl sites for hydroxylation is 2. The normalized spacial score (nSPS) is 14.6. The molecular weight excluding hydrogens is 540 g/mol. The van der Waals surface area contributed by atoms with E-state index in [1.54, 1.807) is 0 Å². The van der Waals surface area contributed by atoms with E-state index in [0.29, 0.717) is 81.8 Å². The molecule has 1 aliphatic rings. The van der Waals surface area contributed by atoms with Crippen LogP contribution in [-0.4, -0.2) is 53.2 Å². The van der Waals surface area contributed by atoms with Crippen LogP contribution in [0.3, 0.4) is 0 Å². The highest BCUT2D eigenvalue weighted by atomic mass is 16.5. The van der Waals surface area contributed by atoms with Crippen molar-refractivity contribution in [3.8, 4) is 5.75 Å². The smallest absolute Gasteiger partial charge is 0.339 e. The Kier molecular flexibility index (Phi) is 11.1. The van der Waals surface area contributed by atoms with Crippen molar-refractivity contribution in [2.24, 2.45) is 17.3 Å². The predicted molar refractivity (Wildman–Crippen MR) is 170 cm³/mol. The van der Waals surface area contributed by atoms with Gasteiger partial charge in [-0.3, -0.25) is 4.79 Å². The van der Waals surface area contributed by atoms with E-state index in [4.69, 9.17) is 9.72 Å². The zero-order valence-electron chi connectivity index (χ0n) is 26.0. The van der Waals surface area contributed by atoms with Gasteiger partial charge in [0.15, 0.2) is 0 Å². The number of aromatic nitrogens is 2. The molecule has 2 N–H and O–H groups in total. The molecule has 1 saturated heterocycles. The molecule has 43 heavy (non-hydrogen) atoms. The van der Waals surface area contributed by atoms with E-state index in [1.165, 1.54) is 6.20 Å². The maximum Gasteiger partial charge on any atom is 0.339 e. The average molecular weight is 587 g/mol. The largest absolute Gasteiger partial charge is 0.493 e. The van der Waals surface area contributed by atoms with Gasteiger partial charge in [-0.05, 0) is 73.6 Å². The Balaban J connectivity index is 1.46. The fourth-order valence-electron chi connectivity index (χ4n) is 5.47. The van der Waals surface area contributed by atoms with E-state index in [2.05, 4.69) is 55.0 Å². The molecule has 1 fully saturated rings. The molecule has 230 valence electrons. The number of carboxylic acids is 1. The molecule has 1 amide bonds. The van der Waals surface area contributed by atoms with E-state index >= 15 is 0 Å². The summed E-state index contributed by atoms with van der Waals surface area (Å²) in [6.45, 7) is 11.1. The molecule has 0 unspecified atom stereocenters.